The van der Waals surface area contributed by atoms with E-state index in [2.05, 4.69) is 13.9 Å². The normalized spacial score (nSPS) is 26.9. The molecule has 8 rings (SSSR count). The summed E-state index contributed by atoms with van der Waals surface area (Å²) in [6, 6.07) is 7.95. The minimum atomic E-state index is -6.04. The van der Waals surface area contributed by atoms with Crippen molar-refractivity contribution in [2.24, 2.45) is 11.8 Å². The van der Waals surface area contributed by atoms with Crippen molar-refractivity contribution in [2.45, 2.75) is 129 Å². The summed E-state index contributed by atoms with van der Waals surface area (Å²) in [6.07, 6.45) is 10.9. The van der Waals surface area contributed by atoms with Gasteiger partial charge in [-0.3, -0.25) is 19.3 Å². The largest absolute Gasteiger partial charge is 0.536 e. The maximum atomic E-state index is 15.6. The van der Waals surface area contributed by atoms with Gasteiger partial charge in [-0.15, -0.1) is 0 Å². The molecule has 2 aromatic carbocycles. The number of nitrogens with one attached hydrogen (secondary N) is 1. The average Bonchev–Trinajstić information content (AvgIpc) is 3.39. The number of phosphoric acid groups is 3. The molecule has 3 heterocycles. The van der Waals surface area contributed by atoms with Gasteiger partial charge >= 0.3 is 29.4 Å². The van der Waals surface area contributed by atoms with Crippen molar-refractivity contribution in [3.63, 3.8) is 0 Å². The summed E-state index contributed by atoms with van der Waals surface area (Å²) in [4.78, 5) is 96.8. The van der Waals surface area contributed by atoms with E-state index in [4.69, 9.17) is 23.5 Å². The Morgan fingerprint density at radius 3 is 2.21 bits per heavy atom. The summed E-state index contributed by atoms with van der Waals surface area (Å²) in [5.41, 5.74) is -3.67. The topological polar surface area (TPSA) is 277 Å². The van der Waals surface area contributed by atoms with Crippen molar-refractivity contribution in [2.75, 3.05) is 0 Å². The molecule has 4 bridgehead atoms. The van der Waals surface area contributed by atoms with Crippen LogP contribution in [0.1, 0.15) is 115 Å². The number of hydrogen-bond donors (Lipinski definition) is 5. The predicted octanol–water partition coefficient (Wildman–Crippen LogP) is 8.40. The molecule has 2 fully saturated rings. The molecule has 3 aliphatic carbocycles. The molecule has 1 spiro atoms. The van der Waals surface area contributed by atoms with E-state index in [-0.39, 0.29) is 59.6 Å². The van der Waals surface area contributed by atoms with Crippen LogP contribution in [-0.4, -0.2) is 71.5 Å². The molecule has 6 aliphatic rings. The van der Waals surface area contributed by atoms with Gasteiger partial charge < -0.3 is 43.5 Å². The molecule has 0 aromatic heterocycles. The minimum Gasteiger partial charge on any atom is -0.482 e. The fourth-order valence-electron chi connectivity index (χ4n) is 9.89. The standard InChI is InChI=1S/C48H58NO18P3/c1-27(2)14-13-21-46(9)22-20-34-39(62-46)33(18-17-28(3)4)40-37(41(34)64-69(57,58)67-70(59,60)66-68(54,55)56)38(50)35-24-32-25-36-45(7,8)65-47(42(32)51,48(35,36)63-40)23-19-29(5)43(52)49-30(6)44(53)61-26-31-15-11-10-12-16-31/h10-12,14-17,19-20,22,24,30,32,36H,13,18,21,23,25-26H2,1-9H3,(H,49,52)(H,57,58)(H,59,60)(H2,54,55,56)/b29-19-. The maximum absolute atomic E-state index is 15.6. The molecule has 22 heteroatoms. The predicted molar refractivity (Wildman–Crippen MR) is 253 cm³/mol. The molecule has 8 atom stereocenters. The number of Topliss-reactive ketones (excluding diaryl/α,β-unsaturated/α-hetero) is 2. The summed E-state index contributed by atoms with van der Waals surface area (Å²) in [5, 5.41) is 2.64. The van der Waals surface area contributed by atoms with Gasteiger partial charge in [-0.05, 0) is 106 Å². The van der Waals surface area contributed by atoms with Crippen molar-refractivity contribution in [1.29, 1.82) is 0 Å². The molecule has 2 aromatic rings. The van der Waals surface area contributed by atoms with Gasteiger partial charge in [0.1, 0.15) is 35.3 Å². The molecular weight excluding hydrogens is 971 g/mol. The highest BCUT2D eigenvalue weighted by molar-refractivity contribution is 7.66. The van der Waals surface area contributed by atoms with Crippen LogP contribution in [0.4, 0.5) is 0 Å². The van der Waals surface area contributed by atoms with E-state index in [0.717, 1.165) is 16.7 Å². The fraction of sp³-hybridized carbons (Fsp3) is 0.458. The second-order valence-electron chi connectivity index (χ2n) is 19.4. The van der Waals surface area contributed by atoms with Crippen LogP contribution in [0.5, 0.6) is 17.2 Å². The Bertz CT molecular complexity index is 2830. The second-order valence-corrected chi connectivity index (χ2v) is 23.8. The lowest BCUT2D eigenvalue weighted by atomic mass is 9.51. The first-order chi connectivity index (χ1) is 32.4. The molecule has 1 amide bonds. The Balaban J connectivity index is 1.36. The number of ketones is 2. The molecule has 3 aliphatic heterocycles. The van der Waals surface area contributed by atoms with Crippen LogP contribution in [0.2, 0.25) is 0 Å². The molecule has 378 valence electrons. The van der Waals surface area contributed by atoms with Crippen LogP contribution in [-0.2, 0) is 59.2 Å². The van der Waals surface area contributed by atoms with Gasteiger partial charge in [0, 0.05) is 35.0 Å². The second kappa shape index (κ2) is 19.0. The van der Waals surface area contributed by atoms with E-state index < -0.39 is 98.5 Å². The quantitative estimate of drug-likeness (QED) is 0.0405. The number of hydrogen-bond acceptors (Lipinski definition) is 14. The third-order valence-electron chi connectivity index (χ3n) is 13.0. The summed E-state index contributed by atoms with van der Waals surface area (Å²) >= 11 is 0. The minimum absolute atomic E-state index is 0.00828. The Labute approximate surface area is 405 Å². The average molecular weight is 1030 g/mol. The van der Waals surface area contributed by atoms with Gasteiger partial charge in [0.2, 0.25) is 5.91 Å². The van der Waals surface area contributed by atoms with Crippen LogP contribution in [0.15, 0.2) is 83.0 Å². The van der Waals surface area contributed by atoms with Gasteiger partial charge in [-0.1, -0.05) is 65.8 Å². The van der Waals surface area contributed by atoms with Gasteiger partial charge in [-0.25, -0.2) is 18.5 Å². The van der Waals surface area contributed by atoms with E-state index in [1.165, 1.54) is 32.1 Å². The van der Waals surface area contributed by atoms with Crippen LogP contribution in [0.3, 0.4) is 0 Å². The monoisotopic (exact) mass is 1030 g/mol. The summed E-state index contributed by atoms with van der Waals surface area (Å²) in [7, 11) is -17.8. The number of phosphoric ester groups is 1. The third-order valence-corrected chi connectivity index (χ3v) is 16.8. The smallest absolute Gasteiger partial charge is 0.482 e. The number of carbonyl (C=O) groups is 4. The van der Waals surface area contributed by atoms with Crippen LogP contribution < -0.4 is 19.3 Å². The van der Waals surface area contributed by atoms with E-state index in [0.29, 0.717) is 12.8 Å². The zero-order valence-electron chi connectivity index (χ0n) is 40.2. The number of ether oxygens (including phenoxy) is 4. The van der Waals surface area contributed by atoms with E-state index in [1.54, 1.807) is 51.1 Å². The molecule has 1 saturated heterocycles. The summed E-state index contributed by atoms with van der Waals surface area (Å²) < 4.78 is 77.9. The summed E-state index contributed by atoms with van der Waals surface area (Å²) in [5.74, 6) is -5.14. The molecule has 5 N–H and O–H groups in total. The van der Waals surface area contributed by atoms with Gasteiger partial charge in [-0.2, -0.15) is 8.62 Å². The number of esters is 1. The maximum Gasteiger partial charge on any atom is 0.536 e. The van der Waals surface area contributed by atoms with Crippen molar-refractivity contribution >= 4 is 53.0 Å². The van der Waals surface area contributed by atoms with Crippen molar-refractivity contribution < 1.29 is 84.5 Å². The zero-order valence-corrected chi connectivity index (χ0v) is 42.9. The molecule has 8 unspecified atom stereocenters. The third kappa shape index (κ3) is 10.3. The van der Waals surface area contributed by atoms with E-state index in [9.17, 15) is 47.7 Å². The Hall–Kier alpha value is -4.77. The molecular formula is C48H58NO18P3. The van der Waals surface area contributed by atoms with E-state index in [1.807, 2.05) is 45.9 Å². The van der Waals surface area contributed by atoms with E-state index >= 15 is 4.79 Å². The lowest BCUT2D eigenvalue weighted by Crippen LogP contribution is -2.72. The highest BCUT2D eigenvalue weighted by atomic mass is 31.3. The highest BCUT2D eigenvalue weighted by Gasteiger charge is 2.81. The van der Waals surface area contributed by atoms with Gasteiger partial charge in [0.25, 0.3) is 0 Å². The molecule has 70 heavy (non-hydrogen) atoms. The first-order valence-corrected chi connectivity index (χ1v) is 27.1. The number of rotatable bonds is 18. The number of carbonyl (C=O) groups excluding carboxylic acids is 4. The SMILES string of the molecule is CC(C)=CCCC1(C)C=Cc2c(c(CC=C(C)C)c3c(c2OP(=O)(O)OP(=O)(O)OP(=O)(O)O)C(=O)C2=CC4CC5C(C)(C)OC(C/C=C(/C)C(=O)NC(C)C(=O)OCc6ccccc6)(C4=O)C25O3)O1. The first-order valence-electron chi connectivity index (χ1n) is 22.5. The van der Waals surface area contributed by atoms with Crippen molar-refractivity contribution in [3.8, 4) is 17.2 Å². The molecule has 0 radical (unpaired) electrons. The zero-order chi connectivity index (χ0) is 51.6. The first kappa shape index (κ1) is 53.0. The molecule has 1 saturated carbocycles. The fourth-order valence-corrected chi connectivity index (χ4v) is 13.0. The summed E-state index contributed by atoms with van der Waals surface area (Å²) in [6.45, 7) is 15.8. The Kier molecular flexibility index (Phi) is 14.4. The number of amides is 1. The van der Waals surface area contributed by atoms with Crippen LogP contribution in [0, 0.1) is 11.8 Å². The number of allylic oxidation sites excluding steroid dienone is 5. The Morgan fingerprint density at radius 1 is 0.900 bits per heavy atom. The number of fused-ring (bicyclic) bond motifs is 2. The number of benzene rings is 2. The highest BCUT2D eigenvalue weighted by Crippen LogP contribution is 2.71. The molecule has 19 nitrogen and oxygen atoms in total. The van der Waals surface area contributed by atoms with Crippen molar-refractivity contribution in [1.82, 2.24) is 5.32 Å². The van der Waals surface area contributed by atoms with Gasteiger partial charge in [0.15, 0.2) is 28.5 Å². The Morgan fingerprint density at radius 2 is 1.57 bits per heavy atom. The van der Waals surface area contributed by atoms with Crippen LogP contribution >= 0.6 is 23.5 Å². The van der Waals surface area contributed by atoms with Gasteiger partial charge in [0.05, 0.1) is 11.2 Å². The van der Waals surface area contributed by atoms with Crippen molar-refractivity contribution in [3.05, 3.63) is 105 Å². The lowest BCUT2D eigenvalue weighted by Gasteiger charge is -2.56. The lowest BCUT2D eigenvalue weighted by molar-refractivity contribution is -0.171. The van der Waals surface area contributed by atoms with Crippen LogP contribution in [0.25, 0.3) is 6.08 Å².